The number of hydrogen-bond acceptors (Lipinski definition) is 3. The van der Waals surface area contributed by atoms with E-state index in [1.807, 2.05) is 25.1 Å². The van der Waals surface area contributed by atoms with E-state index in [-0.39, 0.29) is 0 Å². The van der Waals surface area contributed by atoms with E-state index in [9.17, 15) is 4.57 Å². The standard InChI is InChI=1S/C11H13O3P/c1-3-14-15(2,12)10-5-4-9-6-7-13-11(9)8-10/h4-8H,3H2,1-2H3. The minimum atomic E-state index is -2.68. The highest BCUT2D eigenvalue weighted by Crippen LogP contribution is 2.41. The third kappa shape index (κ3) is 1.99. The first kappa shape index (κ1) is 10.5. The van der Waals surface area contributed by atoms with Gasteiger partial charge in [0.15, 0.2) is 0 Å². The van der Waals surface area contributed by atoms with Gasteiger partial charge >= 0.3 is 0 Å². The zero-order valence-corrected chi connectivity index (χ0v) is 9.66. The monoisotopic (exact) mass is 224 g/mol. The highest BCUT2D eigenvalue weighted by molar-refractivity contribution is 7.66. The molecule has 0 amide bonds. The first-order chi connectivity index (χ1) is 7.13. The Kier molecular flexibility index (Phi) is 2.68. The molecule has 4 heteroatoms. The van der Waals surface area contributed by atoms with E-state index in [4.69, 9.17) is 8.94 Å². The van der Waals surface area contributed by atoms with Gasteiger partial charge in [0.05, 0.1) is 12.9 Å². The molecule has 0 spiro atoms. The molecule has 1 unspecified atom stereocenters. The van der Waals surface area contributed by atoms with Crippen molar-refractivity contribution < 1.29 is 13.5 Å². The van der Waals surface area contributed by atoms with Crippen molar-refractivity contribution in [3.63, 3.8) is 0 Å². The second-order valence-corrected chi connectivity index (χ2v) is 5.87. The first-order valence-corrected chi connectivity index (χ1v) is 6.90. The van der Waals surface area contributed by atoms with Gasteiger partial charge < -0.3 is 8.94 Å². The van der Waals surface area contributed by atoms with Crippen molar-refractivity contribution >= 4 is 23.6 Å². The summed E-state index contributed by atoms with van der Waals surface area (Å²) < 4.78 is 22.6. The fourth-order valence-corrected chi connectivity index (χ4v) is 2.86. The zero-order valence-electron chi connectivity index (χ0n) is 8.77. The lowest BCUT2D eigenvalue weighted by atomic mass is 10.3. The molecule has 15 heavy (non-hydrogen) atoms. The van der Waals surface area contributed by atoms with Gasteiger partial charge in [0.2, 0.25) is 7.37 Å². The van der Waals surface area contributed by atoms with Gasteiger partial charge in [-0.3, -0.25) is 4.57 Å². The largest absolute Gasteiger partial charge is 0.464 e. The van der Waals surface area contributed by atoms with E-state index >= 15 is 0 Å². The van der Waals surface area contributed by atoms with Crippen LogP contribution in [0.15, 0.2) is 34.9 Å². The molecule has 0 aliphatic heterocycles. The maximum atomic E-state index is 12.1. The fourth-order valence-electron chi connectivity index (χ4n) is 1.52. The molecule has 1 aromatic carbocycles. The normalized spacial score (nSPS) is 15.3. The van der Waals surface area contributed by atoms with Crippen LogP contribution in [0.2, 0.25) is 0 Å². The molecule has 0 aliphatic rings. The van der Waals surface area contributed by atoms with Crippen LogP contribution < -0.4 is 5.30 Å². The summed E-state index contributed by atoms with van der Waals surface area (Å²) in [6.07, 6.45) is 1.62. The number of benzene rings is 1. The summed E-state index contributed by atoms with van der Waals surface area (Å²) in [4.78, 5) is 0. The van der Waals surface area contributed by atoms with Gasteiger partial charge in [0.25, 0.3) is 0 Å². The Bertz CT molecular complexity index is 515. The lowest BCUT2D eigenvalue weighted by molar-refractivity contribution is 0.345. The van der Waals surface area contributed by atoms with E-state index in [2.05, 4.69) is 0 Å². The molecule has 0 bridgehead atoms. The Labute approximate surface area is 88.5 Å². The summed E-state index contributed by atoms with van der Waals surface area (Å²) in [6.45, 7) is 3.91. The fraction of sp³-hybridized carbons (Fsp3) is 0.273. The van der Waals surface area contributed by atoms with Crippen molar-refractivity contribution in [3.05, 3.63) is 30.5 Å². The molecule has 1 aromatic heterocycles. The molecule has 2 aromatic rings. The summed E-state index contributed by atoms with van der Waals surface area (Å²) in [5.41, 5.74) is 0.745. The van der Waals surface area contributed by atoms with E-state index in [1.54, 1.807) is 19.0 Å². The van der Waals surface area contributed by atoms with Crippen molar-refractivity contribution in [2.24, 2.45) is 0 Å². The van der Waals surface area contributed by atoms with Gasteiger partial charge in [-0.15, -0.1) is 0 Å². The van der Waals surface area contributed by atoms with Crippen LogP contribution in [0.25, 0.3) is 11.0 Å². The van der Waals surface area contributed by atoms with Crippen LogP contribution in [0.5, 0.6) is 0 Å². The molecule has 1 heterocycles. The maximum Gasteiger partial charge on any atom is 0.229 e. The Morgan fingerprint density at radius 3 is 2.93 bits per heavy atom. The van der Waals surface area contributed by atoms with E-state index in [0.29, 0.717) is 11.9 Å². The predicted octanol–water partition coefficient (Wildman–Crippen LogP) is 3.00. The second kappa shape index (κ2) is 3.84. The van der Waals surface area contributed by atoms with Crippen LogP contribution in [0, 0.1) is 0 Å². The van der Waals surface area contributed by atoms with Gasteiger partial charge in [-0.05, 0) is 25.1 Å². The van der Waals surface area contributed by atoms with Gasteiger partial charge in [0, 0.05) is 17.4 Å². The van der Waals surface area contributed by atoms with E-state index in [1.165, 1.54) is 0 Å². The molecule has 2 rings (SSSR count). The number of furan rings is 1. The molecular weight excluding hydrogens is 211 g/mol. The number of fused-ring (bicyclic) bond motifs is 1. The molecule has 0 radical (unpaired) electrons. The average Bonchev–Trinajstić information content (AvgIpc) is 2.63. The summed E-state index contributed by atoms with van der Waals surface area (Å²) in [6, 6.07) is 7.38. The van der Waals surface area contributed by atoms with E-state index < -0.39 is 7.37 Å². The molecule has 3 nitrogen and oxygen atoms in total. The molecular formula is C11H13O3P. The Morgan fingerprint density at radius 1 is 1.40 bits per heavy atom. The SMILES string of the molecule is CCOP(C)(=O)c1ccc2ccoc2c1. The highest BCUT2D eigenvalue weighted by Gasteiger charge is 2.18. The van der Waals surface area contributed by atoms with Gasteiger partial charge in [-0.1, -0.05) is 6.07 Å². The van der Waals surface area contributed by atoms with Crippen molar-refractivity contribution in [2.45, 2.75) is 6.92 Å². The summed E-state index contributed by atoms with van der Waals surface area (Å²) in [5.74, 6) is 0. The van der Waals surface area contributed by atoms with Crippen LogP contribution in [0.1, 0.15) is 6.92 Å². The van der Waals surface area contributed by atoms with Gasteiger partial charge in [-0.2, -0.15) is 0 Å². The third-order valence-corrected chi connectivity index (χ3v) is 4.25. The lowest BCUT2D eigenvalue weighted by Gasteiger charge is -2.12. The van der Waals surface area contributed by atoms with Crippen molar-refractivity contribution in [1.82, 2.24) is 0 Å². The van der Waals surface area contributed by atoms with Crippen LogP contribution in [-0.4, -0.2) is 13.3 Å². The predicted molar refractivity (Wildman–Crippen MR) is 61.0 cm³/mol. The van der Waals surface area contributed by atoms with Crippen molar-refractivity contribution in [3.8, 4) is 0 Å². The minimum Gasteiger partial charge on any atom is -0.464 e. The van der Waals surface area contributed by atoms with Crippen molar-refractivity contribution in [2.75, 3.05) is 13.3 Å². The van der Waals surface area contributed by atoms with Crippen LogP contribution in [-0.2, 0) is 9.09 Å². The molecule has 0 fully saturated rings. The quantitative estimate of drug-likeness (QED) is 0.752. The summed E-state index contributed by atoms with van der Waals surface area (Å²) >= 11 is 0. The van der Waals surface area contributed by atoms with Gasteiger partial charge in [0.1, 0.15) is 5.58 Å². The molecule has 1 atom stereocenters. The summed E-state index contributed by atoms with van der Waals surface area (Å²) in [5, 5.41) is 1.71. The Balaban J connectivity index is 2.47. The maximum absolute atomic E-state index is 12.1. The summed E-state index contributed by atoms with van der Waals surface area (Å²) in [7, 11) is -2.68. The van der Waals surface area contributed by atoms with E-state index in [0.717, 1.165) is 11.0 Å². The first-order valence-electron chi connectivity index (χ1n) is 4.83. The number of rotatable bonds is 3. The highest BCUT2D eigenvalue weighted by atomic mass is 31.2. The molecule has 0 N–H and O–H groups in total. The Hall–Kier alpha value is -1.05. The van der Waals surface area contributed by atoms with Crippen LogP contribution in [0.4, 0.5) is 0 Å². The number of hydrogen-bond donors (Lipinski definition) is 0. The van der Waals surface area contributed by atoms with Gasteiger partial charge in [-0.25, -0.2) is 0 Å². The third-order valence-electron chi connectivity index (χ3n) is 2.28. The molecule has 80 valence electrons. The van der Waals surface area contributed by atoms with Crippen LogP contribution >= 0.6 is 7.37 Å². The lowest BCUT2D eigenvalue weighted by Crippen LogP contribution is -2.05. The second-order valence-electron chi connectivity index (χ2n) is 3.41. The molecule has 0 saturated carbocycles. The minimum absolute atomic E-state index is 0.448. The Morgan fingerprint density at radius 2 is 2.20 bits per heavy atom. The topological polar surface area (TPSA) is 39.4 Å². The van der Waals surface area contributed by atoms with Crippen LogP contribution in [0.3, 0.4) is 0 Å². The average molecular weight is 224 g/mol. The molecule has 0 aliphatic carbocycles. The van der Waals surface area contributed by atoms with Crippen molar-refractivity contribution in [1.29, 1.82) is 0 Å². The zero-order chi connectivity index (χ0) is 10.9. The molecule has 0 saturated heterocycles. The smallest absolute Gasteiger partial charge is 0.229 e.